The van der Waals surface area contributed by atoms with Crippen molar-refractivity contribution < 1.29 is 13.9 Å². The minimum atomic E-state index is -0.250. The van der Waals surface area contributed by atoms with Gasteiger partial charge in [0, 0.05) is 43.9 Å². The van der Waals surface area contributed by atoms with Gasteiger partial charge in [-0.3, -0.25) is 4.79 Å². The van der Waals surface area contributed by atoms with Gasteiger partial charge in [0.1, 0.15) is 23.2 Å². The third kappa shape index (κ3) is 5.13. The largest absolute Gasteiger partial charge is 0.496 e. The van der Waals surface area contributed by atoms with E-state index in [4.69, 9.17) is 9.72 Å². The summed E-state index contributed by atoms with van der Waals surface area (Å²) in [5, 5.41) is 0. The first kappa shape index (κ1) is 22.7. The van der Waals surface area contributed by atoms with Crippen LogP contribution in [-0.4, -0.2) is 54.1 Å². The molecule has 4 rings (SSSR count). The Labute approximate surface area is 194 Å². The van der Waals surface area contributed by atoms with E-state index in [0.717, 1.165) is 35.6 Å². The molecule has 2 aromatic carbocycles. The molecule has 172 valence electrons. The topological polar surface area (TPSA) is 58.6 Å². The van der Waals surface area contributed by atoms with Crippen molar-refractivity contribution in [3.8, 4) is 5.75 Å². The van der Waals surface area contributed by atoms with Gasteiger partial charge in [0.25, 0.3) is 5.91 Å². The number of benzene rings is 2. The van der Waals surface area contributed by atoms with Gasteiger partial charge in [-0.2, -0.15) is 0 Å². The molecule has 7 heteroatoms. The van der Waals surface area contributed by atoms with Gasteiger partial charge in [0.15, 0.2) is 0 Å². The highest BCUT2D eigenvalue weighted by Gasteiger charge is 2.25. The van der Waals surface area contributed by atoms with Gasteiger partial charge < -0.3 is 14.5 Å². The molecule has 1 aliphatic rings. The van der Waals surface area contributed by atoms with Crippen LogP contribution in [0.4, 0.5) is 10.2 Å². The van der Waals surface area contributed by atoms with Crippen LogP contribution in [0.3, 0.4) is 0 Å². The summed E-state index contributed by atoms with van der Waals surface area (Å²) in [7, 11) is 1.58. The van der Waals surface area contributed by atoms with Gasteiger partial charge in [0.2, 0.25) is 0 Å². The fourth-order valence-electron chi connectivity index (χ4n) is 4.36. The van der Waals surface area contributed by atoms with Crippen LogP contribution in [0.5, 0.6) is 5.75 Å². The van der Waals surface area contributed by atoms with Crippen molar-refractivity contribution in [2.75, 3.05) is 38.2 Å². The van der Waals surface area contributed by atoms with Crippen molar-refractivity contribution >= 4 is 11.7 Å². The number of hydrogen-bond acceptors (Lipinski definition) is 5. The van der Waals surface area contributed by atoms with Crippen molar-refractivity contribution in [3.63, 3.8) is 0 Å². The van der Waals surface area contributed by atoms with Gasteiger partial charge >= 0.3 is 0 Å². The molecular weight excluding hydrogens is 419 g/mol. The molecule has 2 heterocycles. The number of amides is 1. The van der Waals surface area contributed by atoms with Gasteiger partial charge in [-0.25, -0.2) is 14.4 Å². The highest BCUT2D eigenvalue weighted by atomic mass is 19.1. The number of ether oxygens (including phenoxy) is 1. The molecule has 1 aromatic heterocycles. The zero-order valence-electron chi connectivity index (χ0n) is 19.3. The number of carbonyl (C=O) groups is 1. The average molecular weight is 449 g/mol. The van der Waals surface area contributed by atoms with Crippen molar-refractivity contribution in [1.29, 1.82) is 0 Å². The first-order valence-corrected chi connectivity index (χ1v) is 11.2. The van der Waals surface area contributed by atoms with Crippen LogP contribution in [0.1, 0.15) is 39.4 Å². The number of aryl methyl sites for hydroxylation is 2. The number of methoxy groups -OCH3 is 1. The summed E-state index contributed by atoms with van der Waals surface area (Å²) in [4.78, 5) is 26.6. The molecule has 1 amide bonds. The second kappa shape index (κ2) is 9.98. The summed E-state index contributed by atoms with van der Waals surface area (Å²) in [5.41, 5.74) is 3.35. The van der Waals surface area contributed by atoms with Gasteiger partial charge in [-0.1, -0.05) is 24.3 Å². The number of carbonyl (C=O) groups excluding carboxylic acids is 1. The lowest BCUT2D eigenvalue weighted by Gasteiger charge is -2.26. The van der Waals surface area contributed by atoms with Crippen LogP contribution in [0.15, 0.2) is 48.5 Å². The molecule has 0 atom stereocenters. The number of halogens is 1. The molecule has 0 radical (unpaired) electrons. The number of anilines is 1. The fourth-order valence-corrected chi connectivity index (χ4v) is 4.36. The summed E-state index contributed by atoms with van der Waals surface area (Å²) in [5.74, 6) is 1.89. The molecule has 3 aromatic rings. The Hall–Kier alpha value is -3.48. The summed E-state index contributed by atoms with van der Waals surface area (Å²) in [6.07, 6.45) is 1.38. The monoisotopic (exact) mass is 448 g/mol. The maximum absolute atomic E-state index is 13.8. The van der Waals surface area contributed by atoms with Crippen LogP contribution < -0.4 is 9.64 Å². The maximum Gasteiger partial charge on any atom is 0.257 e. The Bertz CT molecular complexity index is 1150. The van der Waals surface area contributed by atoms with E-state index in [0.29, 0.717) is 43.2 Å². The Morgan fingerprint density at radius 2 is 1.85 bits per heavy atom. The van der Waals surface area contributed by atoms with Crippen LogP contribution in [-0.2, 0) is 6.42 Å². The van der Waals surface area contributed by atoms with Crippen LogP contribution in [0, 0.1) is 19.7 Å². The van der Waals surface area contributed by atoms with Gasteiger partial charge in [-0.05, 0) is 50.1 Å². The van der Waals surface area contributed by atoms with E-state index in [1.165, 1.54) is 6.07 Å². The lowest BCUT2D eigenvalue weighted by molar-refractivity contribution is 0.0763. The first-order valence-electron chi connectivity index (χ1n) is 11.2. The minimum Gasteiger partial charge on any atom is -0.496 e. The highest BCUT2D eigenvalue weighted by Crippen LogP contribution is 2.26. The van der Waals surface area contributed by atoms with Crippen LogP contribution >= 0.6 is 0 Å². The molecule has 1 fully saturated rings. The predicted molar refractivity (Wildman–Crippen MR) is 126 cm³/mol. The zero-order valence-corrected chi connectivity index (χ0v) is 19.3. The Kier molecular flexibility index (Phi) is 6.87. The number of hydrogen-bond donors (Lipinski definition) is 0. The van der Waals surface area contributed by atoms with E-state index < -0.39 is 0 Å². The molecule has 6 nitrogen and oxygen atoms in total. The molecule has 1 saturated heterocycles. The number of rotatable bonds is 5. The molecule has 0 N–H and O–H groups in total. The zero-order chi connectivity index (χ0) is 23.4. The summed E-state index contributed by atoms with van der Waals surface area (Å²) >= 11 is 0. The molecule has 33 heavy (non-hydrogen) atoms. The SMILES string of the molecule is COc1ccccc1C(=O)N1CCCN(c2nc(C)nc(C)c2Cc2cccc(F)c2)CC1. The van der Waals surface area contributed by atoms with Crippen molar-refractivity contribution in [2.45, 2.75) is 26.7 Å². The van der Waals surface area contributed by atoms with Crippen molar-refractivity contribution in [2.24, 2.45) is 0 Å². The average Bonchev–Trinajstić information content (AvgIpc) is 3.06. The predicted octanol–water partition coefficient (Wildman–Crippen LogP) is 4.18. The van der Waals surface area contributed by atoms with Crippen molar-refractivity contribution in [1.82, 2.24) is 14.9 Å². The second-order valence-corrected chi connectivity index (χ2v) is 8.30. The Morgan fingerprint density at radius 3 is 2.64 bits per heavy atom. The van der Waals surface area contributed by atoms with Crippen LogP contribution in [0.25, 0.3) is 0 Å². The van der Waals surface area contributed by atoms with Gasteiger partial charge in [0.05, 0.1) is 12.7 Å². The molecule has 0 saturated carbocycles. The minimum absolute atomic E-state index is 0.0238. The standard InChI is InChI=1S/C26H29FN4O2/c1-18-23(17-20-8-6-9-21(27)16-20)25(29-19(2)28-18)30-12-7-13-31(15-14-30)26(32)22-10-4-5-11-24(22)33-3/h4-6,8-11,16H,7,12-15,17H2,1-3H3. The normalized spacial score (nSPS) is 14.2. The van der Waals surface area contributed by atoms with E-state index in [-0.39, 0.29) is 11.7 Å². The number of para-hydroxylation sites is 1. The lowest BCUT2D eigenvalue weighted by atomic mass is 10.0. The summed E-state index contributed by atoms with van der Waals surface area (Å²) in [6, 6.07) is 14.0. The van der Waals surface area contributed by atoms with E-state index in [1.807, 2.05) is 43.0 Å². The van der Waals surface area contributed by atoms with E-state index in [1.54, 1.807) is 25.3 Å². The maximum atomic E-state index is 13.8. The van der Waals surface area contributed by atoms with Crippen LogP contribution in [0.2, 0.25) is 0 Å². The molecule has 0 aliphatic carbocycles. The first-order chi connectivity index (χ1) is 16.0. The van der Waals surface area contributed by atoms with E-state index in [2.05, 4.69) is 9.88 Å². The smallest absolute Gasteiger partial charge is 0.257 e. The van der Waals surface area contributed by atoms with E-state index in [9.17, 15) is 9.18 Å². The lowest BCUT2D eigenvalue weighted by Crippen LogP contribution is -2.36. The van der Waals surface area contributed by atoms with E-state index >= 15 is 0 Å². The quantitative estimate of drug-likeness (QED) is 0.586. The third-order valence-corrected chi connectivity index (χ3v) is 5.99. The second-order valence-electron chi connectivity index (χ2n) is 8.30. The number of aromatic nitrogens is 2. The molecule has 0 unspecified atom stereocenters. The fraction of sp³-hybridized carbons (Fsp3) is 0.346. The summed E-state index contributed by atoms with van der Waals surface area (Å²) < 4.78 is 19.2. The Morgan fingerprint density at radius 1 is 1.03 bits per heavy atom. The molecule has 0 bridgehead atoms. The number of nitrogens with zero attached hydrogens (tertiary/aromatic N) is 4. The Balaban J connectivity index is 1.57. The molecule has 1 aliphatic heterocycles. The molecule has 0 spiro atoms. The third-order valence-electron chi connectivity index (χ3n) is 5.99. The summed E-state index contributed by atoms with van der Waals surface area (Å²) in [6.45, 7) is 6.54. The van der Waals surface area contributed by atoms with Crippen molar-refractivity contribution in [3.05, 3.63) is 82.6 Å². The van der Waals surface area contributed by atoms with Gasteiger partial charge in [-0.15, -0.1) is 0 Å². The molecular formula is C26H29FN4O2. The highest BCUT2D eigenvalue weighted by molar-refractivity contribution is 5.97.